The Morgan fingerprint density at radius 1 is 1.14 bits per heavy atom. The normalized spacial score (nSPS) is 19.5. The zero-order valence-electron chi connectivity index (χ0n) is 11.7. The predicted molar refractivity (Wildman–Crippen MR) is 78.6 cm³/mol. The van der Waals surface area contributed by atoms with Crippen molar-refractivity contribution in [1.82, 2.24) is 14.9 Å². The van der Waals surface area contributed by atoms with Gasteiger partial charge in [0.2, 0.25) is 10.0 Å². The number of sulfonamides is 1. The van der Waals surface area contributed by atoms with Gasteiger partial charge in [-0.05, 0) is 37.1 Å². The lowest BCUT2D eigenvalue weighted by Gasteiger charge is -2.27. The van der Waals surface area contributed by atoms with Gasteiger partial charge in [-0.2, -0.15) is 0 Å². The molecule has 1 aliphatic heterocycles. The summed E-state index contributed by atoms with van der Waals surface area (Å²) in [7, 11) is -3.45. The zero-order valence-corrected chi connectivity index (χ0v) is 12.5. The van der Waals surface area contributed by atoms with Crippen LogP contribution in [0.4, 0.5) is 0 Å². The van der Waals surface area contributed by atoms with Crippen molar-refractivity contribution >= 4 is 15.9 Å². The smallest absolute Gasteiger partial charge is 0.253 e. The molecule has 0 bridgehead atoms. The van der Waals surface area contributed by atoms with E-state index in [9.17, 15) is 13.2 Å². The average molecular weight is 309 g/mol. The summed E-state index contributed by atoms with van der Waals surface area (Å²) in [5.74, 6) is -0.0457. The van der Waals surface area contributed by atoms with Crippen molar-refractivity contribution in [3.63, 3.8) is 0 Å². The summed E-state index contributed by atoms with van der Waals surface area (Å²) in [6.45, 7) is 2.96. The predicted octanol–water partition coefficient (Wildman–Crippen LogP) is 0.173. The first-order valence-corrected chi connectivity index (χ1v) is 8.67. The summed E-state index contributed by atoms with van der Waals surface area (Å²) < 4.78 is 26.7. The Balaban J connectivity index is 1.72. The van der Waals surface area contributed by atoms with Crippen LogP contribution in [0.1, 0.15) is 23.2 Å². The average Bonchev–Trinajstić information content (AvgIpc) is 3.31. The fourth-order valence-electron chi connectivity index (χ4n) is 2.32. The lowest BCUT2D eigenvalue weighted by Crippen LogP contribution is -2.46. The van der Waals surface area contributed by atoms with E-state index in [1.807, 2.05) is 0 Å². The maximum atomic E-state index is 12.3. The minimum atomic E-state index is -3.45. The summed E-state index contributed by atoms with van der Waals surface area (Å²) in [6.07, 6.45) is 1.80. The molecule has 0 atom stereocenters. The van der Waals surface area contributed by atoms with Crippen molar-refractivity contribution in [3.8, 4) is 0 Å². The van der Waals surface area contributed by atoms with Crippen LogP contribution in [-0.2, 0) is 10.0 Å². The third-order valence-electron chi connectivity index (χ3n) is 3.71. The Morgan fingerprint density at radius 2 is 1.76 bits per heavy atom. The van der Waals surface area contributed by atoms with Gasteiger partial charge in [0.05, 0.1) is 4.90 Å². The number of rotatable bonds is 4. The first kappa shape index (κ1) is 14.5. The quantitative estimate of drug-likeness (QED) is 0.831. The summed E-state index contributed by atoms with van der Waals surface area (Å²) in [5, 5.41) is 3.19. The van der Waals surface area contributed by atoms with Gasteiger partial charge in [0.25, 0.3) is 5.91 Å². The molecule has 2 N–H and O–H groups in total. The fourth-order valence-corrected chi connectivity index (χ4v) is 3.62. The van der Waals surface area contributed by atoms with Crippen molar-refractivity contribution < 1.29 is 13.2 Å². The lowest BCUT2D eigenvalue weighted by atomic mass is 10.2. The van der Waals surface area contributed by atoms with Gasteiger partial charge in [0.15, 0.2) is 0 Å². The highest BCUT2D eigenvalue weighted by Gasteiger charge is 2.28. The molecule has 1 aromatic carbocycles. The highest BCUT2D eigenvalue weighted by atomic mass is 32.2. The van der Waals surface area contributed by atoms with Gasteiger partial charge in [0.1, 0.15) is 0 Å². The molecule has 1 amide bonds. The molecular weight excluding hydrogens is 290 g/mol. The van der Waals surface area contributed by atoms with Gasteiger partial charge in [-0.1, -0.05) is 0 Å². The van der Waals surface area contributed by atoms with Crippen LogP contribution in [0, 0.1) is 0 Å². The molecule has 0 radical (unpaired) electrons. The maximum absolute atomic E-state index is 12.3. The minimum Gasteiger partial charge on any atom is -0.336 e. The number of piperazine rings is 1. The second-order valence-corrected chi connectivity index (χ2v) is 7.18. The summed E-state index contributed by atoms with van der Waals surface area (Å²) in [6, 6.07) is 6.26. The number of amides is 1. The topological polar surface area (TPSA) is 78.5 Å². The molecule has 7 heteroatoms. The van der Waals surface area contributed by atoms with Crippen molar-refractivity contribution in [2.45, 2.75) is 23.8 Å². The number of carbonyl (C=O) groups excluding carboxylic acids is 1. The summed E-state index contributed by atoms with van der Waals surface area (Å²) in [4.78, 5) is 14.3. The van der Waals surface area contributed by atoms with E-state index in [-0.39, 0.29) is 16.8 Å². The van der Waals surface area contributed by atoms with Gasteiger partial charge < -0.3 is 10.2 Å². The molecule has 2 fully saturated rings. The van der Waals surface area contributed by atoms with Crippen molar-refractivity contribution in [2.75, 3.05) is 26.2 Å². The fraction of sp³-hybridized carbons (Fsp3) is 0.500. The SMILES string of the molecule is O=C(c1ccc(S(=O)(=O)NC2CC2)cc1)N1CCNCC1. The molecule has 0 aromatic heterocycles. The van der Waals surface area contributed by atoms with Gasteiger partial charge in [-0.15, -0.1) is 0 Å². The van der Waals surface area contributed by atoms with E-state index in [0.29, 0.717) is 18.7 Å². The van der Waals surface area contributed by atoms with E-state index < -0.39 is 10.0 Å². The number of hydrogen-bond donors (Lipinski definition) is 2. The Hall–Kier alpha value is -1.44. The van der Waals surface area contributed by atoms with Crippen LogP contribution in [-0.4, -0.2) is 51.4 Å². The van der Waals surface area contributed by atoms with Gasteiger partial charge in [0, 0.05) is 37.8 Å². The Morgan fingerprint density at radius 3 is 2.33 bits per heavy atom. The van der Waals surface area contributed by atoms with Crippen LogP contribution in [0.15, 0.2) is 29.2 Å². The summed E-state index contributed by atoms with van der Waals surface area (Å²) in [5.41, 5.74) is 0.530. The number of hydrogen-bond acceptors (Lipinski definition) is 4. The van der Waals surface area contributed by atoms with E-state index in [2.05, 4.69) is 10.0 Å². The van der Waals surface area contributed by atoms with Crippen molar-refractivity contribution in [2.24, 2.45) is 0 Å². The number of carbonyl (C=O) groups is 1. The lowest BCUT2D eigenvalue weighted by molar-refractivity contribution is 0.0735. The highest BCUT2D eigenvalue weighted by Crippen LogP contribution is 2.22. The molecular formula is C14H19N3O3S. The number of nitrogens with zero attached hydrogens (tertiary/aromatic N) is 1. The van der Waals surface area contributed by atoms with Crippen LogP contribution in [0.3, 0.4) is 0 Å². The Labute approximate surface area is 124 Å². The molecule has 1 saturated carbocycles. The largest absolute Gasteiger partial charge is 0.336 e. The third-order valence-corrected chi connectivity index (χ3v) is 5.25. The minimum absolute atomic E-state index is 0.0457. The number of benzene rings is 1. The number of nitrogens with one attached hydrogen (secondary N) is 2. The monoisotopic (exact) mass is 309 g/mol. The zero-order chi connectivity index (χ0) is 14.9. The van der Waals surface area contributed by atoms with Crippen LogP contribution in [0.25, 0.3) is 0 Å². The molecule has 2 aliphatic rings. The molecule has 1 aliphatic carbocycles. The second-order valence-electron chi connectivity index (χ2n) is 5.46. The first-order chi connectivity index (χ1) is 10.1. The van der Waals surface area contributed by atoms with Gasteiger partial charge in [-0.3, -0.25) is 4.79 Å². The summed E-state index contributed by atoms with van der Waals surface area (Å²) >= 11 is 0. The third kappa shape index (κ3) is 3.42. The van der Waals surface area contributed by atoms with Crippen molar-refractivity contribution in [3.05, 3.63) is 29.8 Å². The van der Waals surface area contributed by atoms with E-state index >= 15 is 0 Å². The molecule has 0 spiro atoms. The molecule has 1 aromatic rings. The first-order valence-electron chi connectivity index (χ1n) is 7.19. The highest BCUT2D eigenvalue weighted by molar-refractivity contribution is 7.89. The Bertz CT molecular complexity index is 617. The second kappa shape index (κ2) is 5.75. The van der Waals surface area contributed by atoms with Crippen LogP contribution in [0.2, 0.25) is 0 Å². The molecule has 21 heavy (non-hydrogen) atoms. The van der Waals surface area contributed by atoms with E-state index in [1.165, 1.54) is 12.1 Å². The van der Waals surface area contributed by atoms with E-state index in [0.717, 1.165) is 25.9 Å². The maximum Gasteiger partial charge on any atom is 0.253 e. The van der Waals surface area contributed by atoms with Gasteiger partial charge >= 0.3 is 0 Å². The van der Waals surface area contributed by atoms with E-state index in [1.54, 1.807) is 17.0 Å². The molecule has 1 saturated heterocycles. The van der Waals surface area contributed by atoms with E-state index in [4.69, 9.17) is 0 Å². The van der Waals surface area contributed by atoms with Crippen LogP contribution < -0.4 is 10.0 Å². The molecule has 6 nitrogen and oxygen atoms in total. The molecule has 1 heterocycles. The molecule has 0 unspecified atom stereocenters. The standard InChI is InChI=1S/C14H19N3O3S/c18-14(17-9-7-15-8-10-17)11-1-5-13(6-2-11)21(19,20)16-12-3-4-12/h1-2,5-6,12,15-16H,3-4,7-10H2. The Kier molecular flexibility index (Phi) is 3.97. The van der Waals surface area contributed by atoms with Crippen LogP contribution >= 0.6 is 0 Å². The van der Waals surface area contributed by atoms with Crippen molar-refractivity contribution in [1.29, 1.82) is 0 Å². The molecule has 3 rings (SSSR count). The van der Waals surface area contributed by atoms with Gasteiger partial charge in [-0.25, -0.2) is 13.1 Å². The molecule has 114 valence electrons. The van der Waals surface area contributed by atoms with Crippen LogP contribution in [0.5, 0.6) is 0 Å².